The van der Waals surface area contributed by atoms with Crippen molar-refractivity contribution < 1.29 is 9.84 Å². The van der Waals surface area contributed by atoms with Crippen molar-refractivity contribution in [3.8, 4) is 0 Å². The summed E-state index contributed by atoms with van der Waals surface area (Å²) in [6.45, 7) is 1.80. The molecule has 0 bridgehead atoms. The van der Waals surface area contributed by atoms with Crippen molar-refractivity contribution >= 4 is 0 Å². The van der Waals surface area contributed by atoms with Gasteiger partial charge in [-0.15, -0.1) is 0 Å². The van der Waals surface area contributed by atoms with E-state index in [1.54, 1.807) is 0 Å². The van der Waals surface area contributed by atoms with Gasteiger partial charge in [0.1, 0.15) is 0 Å². The quantitative estimate of drug-likeness (QED) is 0.408. The van der Waals surface area contributed by atoms with Crippen LogP contribution in [0.3, 0.4) is 0 Å². The van der Waals surface area contributed by atoms with Gasteiger partial charge in [-0.1, -0.05) is 0 Å². The molecule has 5 N–H and O–H groups in total. The molecule has 10 heavy (non-hydrogen) atoms. The van der Waals surface area contributed by atoms with E-state index in [-0.39, 0.29) is 6.54 Å². The summed E-state index contributed by atoms with van der Waals surface area (Å²) in [7, 11) is 0. The van der Waals surface area contributed by atoms with Gasteiger partial charge in [0.25, 0.3) is 0 Å². The van der Waals surface area contributed by atoms with Crippen molar-refractivity contribution in [1.82, 2.24) is 0 Å². The fraction of sp³-hybridized carbons (Fsp3) is 1.00. The Morgan fingerprint density at radius 3 is 2.60 bits per heavy atom. The fourth-order valence-corrected chi connectivity index (χ4v) is 0.473. The largest absolute Gasteiger partial charge is 0.389 e. The zero-order valence-electron chi connectivity index (χ0n) is 6.12. The topological polar surface area (TPSA) is 81.5 Å². The normalized spacial score (nSPS) is 13.5. The maximum absolute atomic E-state index is 8.88. The third-order valence-corrected chi connectivity index (χ3v) is 1.08. The minimum Gasteiger partial charge on any atom is -0.389 e. The van der Waals surface area contributed by atoms with E-state index in [1.807, 2.05) is 0 Å². The second-order valence-electron chi connectivity index (χ2n) is 2.11. The molecule has 1 unspecified atom stereocenters. The Morgan fingerprint density at radius 2 is 2.10 bits per heavy atom. The van der Waals surface area contributed by atoms with Crippen LogP contribution in [-0.4, -0.2) is 37.5 Å². The van der Waals surface area contributed by atoms with E-state index in [0.717, 1.165) is 6.42 Å². The highest BCUT2D eigenvalue weighted by atomic mass is 16.5. The first kappa shape index (κ1) is 9.84. The predicted octanol–water partition coefficient (Wildman–Crippen LogP) is -1.33. The molecule has 0 aliphatic heterocycles. The van der Waals surface area contributed by atoms with E-state index in [2.05, 4.69) is 0 Å². The molecule has 0 heterocycles. The van der Waals surface area contributed by atoms with Crippen LogP contribution < -0.4 is 11.5 Å². The van der Waals surface area contributed by atoms with Crippen molar-refractivity contribution in [1.29, 1.82) is 0 Å². The zero-order chi connectivity index (χ0) is 7.82. The molecular weight excluding hydrogens is 132 g/mol. The Labute approximate surface area is 61.2 Å². The van der Waals surface area contributed by atoms with Gasteiger partial charge in [-0.3, -0.25) is 0 Å². The molecule has 0 fully saturated rings. The van der Waals surface area contributed by atoms with Gasteiger partial charge in [0.15, 0.2) is 0 Å². The highest BCUT2D eigenvalue weighted by Crippen LogP contribution is 1.83. The highest BCUT2D eigenvalue weighted by Gasteiger charge is 1.98. The fourth-order valence-electron chi connectivity index (χ4n) is 0.473. The Hall–Kier alpha value is -0.160. The number of aliphatic hydroxyl groups excluding tert-OH is 1. The highest BCUT2D eigenvalue weighted by molar-refractivity contribution is 4.52. The van der Waals surface area contributed by atoms with Crippen molar-refractivity contribution in [2.45, 2.75) is 12.5 Å². The lowest BCUT2D eigenvalue weighted by molar-refractivity contribution is 0.0410. The van der Waals surface area contributed by atoms with Crippen molar-refractivity contribution in [3.63, 3.8) is 0 Å². The second kappa shape index (κ2) is 6.95. The molecule has 0 amide bonds. The van der Waals surface area contributed by atoms with E-state index >= 15 is 0 Å². The molecule has 62 valence electrons. The smallest absolute Gasteiger partial charge is 0.0895 e. The molecule has 0 radical (unpaired) electrons. The first-order valence-electron chi connectivity index (χ1n) is 3.47. The summed E-state index contributed by atoms with van der Waals surface area (Å²) in [6, 6.07) is 0. The molecule has 0 aromatic rings. The van der Waals surface area contributed by atoms with Crippen LogP contribution >= 0.6 is 0 Å². The van der Waals surface area contributed by atoms with Crippen LogP contribution in [-0.2, 0) is 4.74 Å². The Bertz CT molecular complexity index is 70.8. The summed E-state index contributed by atoms with van der Waals surface area (Å²) in [5.74, 6) is 0. The zero-order valence-corrected chi connectivity index (χ0v) is 6.12. The average Bonchev–Trinajstić information content (AvgIpc) is 1.98. The molecule has 0 saturated heterocycles. The van der Waals surface area contributed by atoms with Gasteiger partial charge < -0.3 is 21.3 Å². The second-order valence-corrected chi connectivity index (χ2v) is 2.11. The van der Waals surface area contributed by atoms with Crippen LogP contribution in [0, 0.1) is 0 Å². The monoisotopic (exact) mass is 148 g/mol. The van der Waals surface area contributed by atoms with Crippen molar-refractivity contribution in [2.75, 3.05) is 26.3 Å². The molecule has 0 aliphatic rings. The standard InChI is InChI=1S/C6H16N2O2/c7-2-1-3-10-5-6(9)4-8/h6,9H,1-5,7-8H2. The summed E-state index contributed by atoms with van der Waals surface area (Å²) < 4.78 is 5.02. The number of hydrogen-bond acceptors (Lipinski definition) is 4. The van der Waals surface area contributed by atoms with Crippen LogP contribution in [0.4, 0.5) is 0 Å². The Balaban J connectivity index is 2.89. The lowest BCUT2D eigenvalue weighted by Gasteiger charge is -2.07. The number of ether oxygens (including phenoxy) is 1. The van der Waals surface area contributed by atoms with Gasteiger partial charge in [-0.25, -0.2) is 0 Å². The summed E-state index contributed by atoms with van der Waals surface area (Å²) in [6.07, 6.45) is 0.301. The Kier molecular flexibility index (Phi) is 6.84. The van der Waals surface area contributed by atoms with E-state index in [4.69, 9.17) is 21.3 Å². The third-order valence-electron chi connectivity index (χ3n) is 1.08. The predicted molar refractivity (Wildman–Crippen MR) is 39.6 cm³/mol. The van der Waals surface area contributed by atoms with Crippen LogP contribution in [0.25, 0.3) is 0 Å². The van der Waals surface area contributed by atoms with E-state index in [1.165, 1.54) is 0 Å². The van der Waals surface area contributed by atoms with Gasteiger partial charge in [0, 0.05) is 13.2 Å². The molecular formula is C6H16N2O2. The number of rotatable bonds is 6. The maximum atomic E-state index is 8.88. The average molecular weight is 148 g/mol. The van der Waals surface area contributed by atoms with Crippen LogP contribution in [0.15, 0.2) is 0 Å². The summed E-state index contributed by atoms with van der Waals surface area (Å²) in [5.41, 5.74) is 10.3. The number of aliphatic hydroxyl groups is 1. The first-order chi connectivity index (χ1) is 4.81. The van der Waals surface area contributed by atoms with Gasteiger partial charge >= 0.3 is 0 Å². The Morgan fingerprint density at radius 1 is 1.40 bits per heavy atom. The summed E-state index contributed by atoms with van der Waals surface area (Å²) >= 11 is 0. The maximum Gasteiger partial charge on any atom is 0.0895 e. The molecule has 4 nitrogen and oxygen atoms in total. The SMILES string of the molecule is NCCCOCC(O)CN. The van der Waals surface area contributed by atoms with Gasteiger partial charge in [0.05, 0.1) is 12.7 Å². The lowest BCUT2D eigenvalue weighted by atomic mass is 10.4. The van der Waals surface area contributed by atoms with Gasteiger partial charge in [0.2, 0.25) is 0 Å². The molecule has 0 aromatic heterocycles. The summed E-state index contributed by atoms with van der Waals surface area (Å²) in [5, 5.41) is 8.88. The van der Waals surface area contributed by atoms with Crippen LogP contribution in [0.2, 0.25) is 0 Å². The first-order valence-corrected chi connectivity index (χ1v) is 3.47. The summed E-state index contributed by atoms with van der Waals surface area (Å²) in [4.78, 5) is 0. The van der Waals surface area contributed by atoms with Crippen molar-refractivity contribution in [3.05, 3.63) is 0 Å². The number of nitrogens with two attached hydrogens (primary N) is 2. The van der Waals surface area contributed by atoms with Gasteiger partial charge in [-0.2, -0.15) is 0 Å². The van der Waals surface area contributed by atoms with Crippen molar-refractivity contribution in [2.24, 2.45) is 11.5 Å². The lowest BCUT2D eigenvalue weighted by Crippen LogP contribution is -2.25. The van der Waals surface area contributed by atoms with E-state index < -0.39 is 6.10 Å². The van der Waals surface area contributed by atoms with Crippen LogP contribution in [0.5, 0.6) is 0 Å². The molecule has 0 rings (SSSR count). The molecule has 4 heteroatoms. The molecule has 0 aromatic carbocycles. The molecule has 0 saturated carbocycles. The number of hydrogen-bond donors (Lipinski definition) is 3. The molecule has 0 spiro atoms. The van der Waals surface area contributed by atoms with E-state index in [0.29, 0.717) is 19.8 Å². The molecule has 1 atom stereocenters. The third kappa shape index (κ3) is 5.97. The van der Waals surface area contributed by atoms with Crippen LogP contribution in [0.1, 0.15) is 6.42 Å². The minimum absolute atomic E-state index is 0.253. The van der Waals surface area contributed by atoms with Gasteiger partial charge in [-0.05, 0) is 13.0 Å². The molecule has 0 aliphatic carbocycles. The minimum atomic E-state index is -0.530. The van der Waals surface area contributed by atoms with E-state index in [9.17, 15) is 0 Å².